The van der Waals surface area contributed by atoms with Crippen molar-refractivity contribution in [2.24, 2.45) is 0 Å². The third-order valence-electron chi connectivity index (χ3n) is 2.11. The van der Waals surface area contributed by atoms with Gasteiger partial charge in [-0.2, -0.15) is 0 Å². The minimum Gasteiger partial charge on any atom is -0.508 e. The SMILES string of the molecule is O=C1NCC[C@H]1Oc1ccc(O)cc1. The Hall–Kier alpha value is -1.71. The highest BCUT2D eigenvalue weighted by atomic mass is 16.5. The largest absolute Gasteiger partial charge is 0.508 e. The van der Waals surface area contributed by atoms with Crippen LogP contribution >= 0.6 is 0 Å². The van der Waals surface area contributed by atoms with Crippen LogP contribution in [-0.2, 0) is 4.79 Å². The molecule has 1 amide bonds. The number of benzene rings is 1. The number of phenolic OH excluding ortho intramolecular Hbond substituents is 1. The molecule has 14 heavy (non-hydrogen) atoms. The molecular weight excluding hydrogens is 182 g/mol. The molecule has 0 radical (unpaired) electrons. The monoisotopic (exact) mass is 193 g/mol. The van der Waals surface area contributed by atoms with Crippen molar-refractivity contribution in [2.75, 3.05) is 6.54 Å². The Labute approximate surface area is 81.5 Å². The summed E-state index contributed by atoms with van der Waals surface area (Å²) in [7, 11) is 0. The summed E-state index contributed by atoms with van der Waals surface area (Å²) in [5, 5.41) is 11.7. The number of aromatic hydroxyl groups is 1. The number of hydrogen-bond donors (Lipinski definition) is 2. The maximum absolute atomic E-state index is 11.2. The summed E-state index contributed by atoms with van der Waals surface area (Å²) in [5.74, 6) is 0.719. The highest BCUT2D eigenvalue weighted by Gasteiger charge is 2.25. The predicted octanol–water partition coefficient (Wildman–Crippen LogP) is 0.659. The Morgan fingerprint density at radius 2 is 2.07 bits per heavy atom. The first-order valence-electron chi connectivity index (χ1n) is 4.49. The van der Waals surface area contributed by atoms with Crippen molar-refractivity contribution in [3.05, 3.63) is 24.3 Å². The van der Waals surface area contributed by atoms with Crippen molar-refractivity contribution in [3.8, 4) is 11.5 Å². The van der Waals surface area contributed by atoms with E-state index in [1.807, 2.05) is 0 Å². The first-order chi connectivity index (χ1) is 6.75. The predicted molar refractivity (Wildman–Crippen MR) is 50.1 cm³/mol. The molecule has 4 heteroatoms. The van der Waals surface area contributed by atoms with Crippen LogP contribution in [0.3, 0.4) is 0 Å². The molecule has 1 fully saturated rings. The highest BCUT2D eigenvalue weighted by Crippen LogP contribution is 2.18. The molecule has 1 saturated heterocycles. The van der Waals surface area contributed by atoms with Crippen LogP contribution in [0.25, 0.3) is 0 Å². The Morgan fingerprint density at radius 1 is 1.36 bits per heavy atom. The molecule has 2 rings (SSSR count). The summed E-state index contributed by atoms with van der Waals surface area (Å²) >= 11 is 0. The lowest BCUT2D eigenvalue weighted by atomic mass is 10.3. The van der Waals surface area contributed by atoms with E-state index in [1.54, 1.807) is 12.1 Å². The lowest BCUT2D eigenvalue weighted by Crippen LogP contribution is -2.27. The summed E-state index contributed by atoms with van der Waals surface area (Å²) in [5.41, 5.74) is 0. The zero-order valence-corrected chi connectivity index (χ0v) is 7.56. The average molecular weight is 193 g/mol. The maximum Gasteiger partial charge on any atom is 0.261 e. The van der Waals surface area contributed by atoms with E-state index in [2.05, 4.69) is 5.32 Å². The van der Waals surface area contributed by atoms with Gasteiger partial charge in [-0.05, 0) is 24.3 Å². The van der Waals surface area contributed by atoms with Crippen LogP contribution < -0.4 is 10.1 Å². The number of hydrogen-bond acceptors (Lipinski definition) is 3. The number of phenols is 1. The molecule has 1 aliphatic rings. The van der Waals surface area contributed by atoms with Gasteiger partial charge in [0.2, 0.25) is 0 Å². The van der Waals surface area contributed by atoms with E-state index >= 15 is 0 Å². The van der Waals surface area contributed by atoms with E-state index in [-0.39, 0.29) is 17.8 Å². The number of carbonyl (C=O) groups excluding carboxylic acids is 1. The molecule has 2 N–H and O–H groups in total. The van der Waals surface area contributed by atoms with Crippen molar-refractivity contribution in [1.29, 1.82) is 0 Å². The molecule has 1 aromatic carbocycles. The van der Waals surface area contributed by atoms with Gasteiger partial charge in [0.1, 0.15) is 11.5 Å². The summed E-state index contributed by atoms with van der Waals surface area (Å²) in [6.07, 6.45) is 0.305. The molecule has 0 spiro atoms. The van der Waals surface area contributed by atoms with Gasteiger partial charge in [-0.1, -0.05) is 0 Å². The lowest BCUT2D eigenvalue weighted by Gasteiger charge is -2.10. The highest BCUT2D eigenvalue weighted by molar-refractivity contribution is 5.83. The quantitative estimate of drug-likeness (QED) is 0.725. The smallest absolute Gasteiger partial charge is 0.261 e. The van der Waals surface area contributed by atoms with E-state index in [0.29, 0.717) is 18.7 Å². The Balaban J connectivity index is 2.03. The number of carbonyl (C=O) groups is 1. The van der Waals surface area contributed by atoms with Gasteiger partial charge in [-0.3, -0.25) is 4.79 Å². The molecule has 74 valence electrons. The van der Waals surface area contributed by atoms with Gasteiger partial charge in [-0.25, -0.2) is 0 Å². The maximum atomic E-state index is 11.2. The third kappa shape index (κ3) is 1.79. The summed E-state index contributed by atoms with van der Waals surface area (Å²) in [6.45, 7) is 0.668. The van der Waals surface area contributed by atoms with Crippen LogP contribution in [0.15, 0.2) is 24.3 Å². The van der Waals surface area contributed by atoms with Gasteiger partial charge in [0.25, 0.3) is 5.91 Å². The number of nitrogens with one attached hydrogen (secondary N) is 1. The molecule has 1 aliphatic heterocycles. The lowest BCUT2D eigenvalue weighted by molar-refractivity contribution is -0.124. The standard InChI is InChI=1S/C10H11NO3/c12-7-1-3-8(4-2-7)14-9-5-6-11-10(9)13/h1-4,9,12H,5-6H2,(H,11,13)/t9-/m1/s1. The minimum absolute atomic E-state index is 0.0712. The molecule has 0 aliphatic carbocycles. The summed E-state index contributed by atoms with van der Waals surface area (Å²) in [6, 6.07) is 6.34. The van der Waals surface area contributed by atoms with Crippen molar-refractivity contribution < 1.29 is 14.6 Å². The van der Waals surface area contributed by atoms with Crippen LogP contribution in [0.1, 0.15) is 6.42 Å². The van der Waals surface area contributed by atoms with Gasteiger partial charge < -0.3 is 15.2 Å². The fourth-order valence-electron chi connectivity index (χ4n) is 1.37. The molecule has 4 nitrogen and oxygen atoms in total. The van der Waals surface area contributed by atoms with Crippen LogP contribution in [0.4, 0.5) is 0 Å². The van der Waals surface area contributed by atoms with Crippen LogP contribution in [-0.4, -0.2) is 23.7 Å². The van der Waals surface area contributed by atoms with Crippen molar-refractivity contribution in [3.63, 3.8) is 0 Å². The Kier molecular flexibility index (Phi) is 2.26. The van der Waals surface area contributed by atoms with E-state index in [4.69, 9.17) is 9.84 Å². The van der Waals surface area contributed by atoms with E-state index < -0.39 is 0 Å². The zero-order chi connectivity index (χ0) is 9.97. The molecule has 0 aromatic heterocycles. The first kappa shape index (κ1) is 8.87. The normalized spacial score (nSPS) is 20.6. The number of ether oxygens (including phenoxy) is 1. The molecule has 0 saturated carbocycles. The molecule has 1 atom stereocenters. The van der Waals surface area contributed by atoms with Gasteiger partial charge >= 0.3 is 0 Å². The average Bonchev–Trinajstić information content (AvgIpc) is 2.56. The molecular formula is C10H11NO3. The third-order valence-corrected chi connectivity index (χ3v) is 2.11. The Morgan fingerprint density at radius 3 is 2.64 bits per heavy atom. The van der Waals surface area contributed by atoms with Crippen molar-refractivity contribution >= 4 is 5.91 Å². The van der Waals surface area contributed by atoms with Crippen LogP contribution in [0.5, 0.6) is 11.5 Å². The van der Waals surface area contributed by atoms with Gasteiger partial charge in [0.05, 0.1) is 0 Å². The number of amides is 1. The fraction of sp³-hybridized carbons (Fsp3) is 0.300. The van der Waals surface area contributed by atoms with Crippen LogP contribution in [0.2, 0.25) is 0 Å². The van der Waals surface area contributed by atoms with E-state index in [1.165, 1.54) is 12.1 Å². The molecule has 0 bridgehead atoms. The zero-order valence-electron chi connectivity index (χ0n) is 7.56. The Bertz CT molecular complexity index is 334. The van der Waals surface area contributed by atoms with Gasteiger partial charge in [-0.15, -0.1) is 0 Å². The van der Waals surface area contributed by atoms with E-state index in [0.717, 1.165) is 0 Å². The van der Waals surface area contributed by atoms with E-state index in [9.17, 15) is 4.79 Å². The van der Waals surface area contributed by atoms with Crippen LogP contribution in [0, 0.1) is 0 Å². The molecule has 1 heterocycles. The van der Waals surface area contributed by atoms with Gasteiger partial charge in [0, 0.05) is 13.0 Å². The molecule has 0 unspecified atom stereocenters. The fourth-order valence-corrected chi connectivity index (χ4v) is 1.37. The second kappa shape index (κ2) is 3.57. The summed E-state index contributed by atoms with van der Waals surface area (Å²) in [4.78, 5) is 11.2. The molecule has 1 aromatic rings. The topological polar surface area (TPSA) is 58.6 Å². The number of rotatable bonds is 2. The summed E-state index contributed by atoms with van der Waals surface area (Å²) < 4.78 is 5.42. The minimum atomic E-state index is -0.389. The van der Waals surface area contributed by atoms with Crippen molar-refractivity contribution in [2.45, 2.75) is 12.5 Å². The van der Waals surface area contributed by atoms with Gasteiger partial charge in [0.15, 0.2) is 6.10 Å². The second-order valence-corrected chi connectivity index (χ2v) is 3.18. The first-order valence-corrected chi connectivity index (χ1v) is 4.49. The second-order valence-electron chi connectivity index (χ2n) is 3.18. The van der Waals surface area contributed by atoms with Crippen molar-refractivity contribution in [1.82, 2.24) is 5.32 Å².